The summed E-state index contributed by atoms with van der Waals surface area (Å²) in [6, 6.07) is 12.6. The average molecular weight is 374 g/mol. The number of rotatable bonds is 6. The summed E-state index contributed by atoms with van der Waals surface area (Å²) >= 11 is 0. The number of nitrogens with zero attached hydrogens (tertiary/aromatic N) is 1. The van der Waals surface area contributed by atoms with Gasteiger partial charge in [-0.15, -0.1) is 0 Å². The molecule has 27 heavy (non-hydrogen) atoms. The molecule has 0 bridgehead atoms. The van der Waals surface area contributed by atoms with Crippen LogP contribution >= 0.6 is 0 Å². The van der Waals surface area contributed by atoms with Gasteiger partial charge in [0.15, 0.2) is 0 Å². The number of hydrogen-bond acceptors (Lipinski definition) is 3. The van der Waals surface area contributed by atoms with Crippen molar-refractivity contribution < 1.29 is 23.1 Å². The molecule has 0 aliphatic carbocycles. The molecule has 0 unspecified atom stereocenters. The first-order valence-electron chi connectivity index (χ1n) is 8.74. The van der Waals surface area contributed by atoms with E-state index >= 15 is 0 Å². The van der Waals surface area contributed by atoms with E-state index in [2.05, 4.69) is 10.1 Å². The molecule has 1 fully saturated rings. The van der Waals surface area contributed by atoms with Crippen LogP contribution in [0.15, 0.2) is 48.5 Å². The normalized spacial score (nSPS) is 13.7. The molecule has 1 heterocycles. The van der Waals surface area contributed by atoms with Gasteiger partial charge in [-0.2, -0.15) is 8.78 Å². The van der Waals surface area contributed by atoms with Crippen molar-refractivity contribution in [3.8, 4) is 5.75 Å². The van der Waals surface area contributed by atoms with Crippen molar-refractivity contribution in [1.29, 1.82) is 0 Å². The summed E-state index contributed by atoms with van der Waals surface area (Å²) in [6.45, 7) is -1.08. The van der Waals surface area contributed by atoms with E-state index in [9.17, 15) is 18.4 Å². The lowest BCUT2D eigenvalue weighted by atomic mass is 10.1. The Kier molecular flexibility index (Phi) is 6.01. The first kappa shape index (κ1) is 18.8. The summed E-state index contributed by atoms with van der Waals surface area (Å²) in [5, 5.41) is 2.76. The Morgan fingerprint density at radius 2 is 1.74 bits per heavy atom. The topological polar surface area (TPSA) is 58.6 Å². The second-order valence-electron chi connectivity index (χ2n) is 6.29. The van der Waals surface area contributed by atoms with Gasteiger partial charge in [-0.05, 0) is 54.8 Å². The van der Waals surface area contributed by atoms with Crippen LogP contribution in [0.5, 0.6) is 5.75 Å². The molecule has 0 spiro atoms. The van der Waals surface area contributed by atoms with Crippen LogP contribution in [0.25, 0.3) is 0 Å². The lowest BCUT2D eigenvalue weighted by Crippen LogP contribution is -2.28. The van der Waals surface area contributed by atoms with Crippen LogP contribution in [0.2, 0.25) is 0 Å². The molecule has 0 saturated carbocycles. The van der Waals surface area contributed by atoms with Gasteiger partial charge in [0.1, 0.15) is 5.75 Å². The van der Waals surface area contributed by atoms with E-state index in [0.29, 0.717) is 11.1 Å². The summed E-state index contributed by atoms with van der Waals surface area (Å²) in [6.07, 6.45) is 2.06. The molecule has 0 atom stereocenters. The van der Waals surface area contributed by atoms with Crippen molar-refractivity contribution >= 4 is 11.8 Å². The molecule has 1 aliphatic heterocycles. The maximum absolute atomic E-state index is 12.4. The highest BCUT2D eigenvalue weighted by Gasteiger charge is 2.19. The van der Waals surface area contributed by atoms with E-state index in [0.717, 1.165) is 31.5 Å². The third kappa shape index (κ3) is 5.03. The number of ether oxygens (including phenoxy) is 1. The van der Waals surface area contributed by atoms with Gasteiger partial charge in [0.2, 0.25) is 0 Å². The molecule has 0 aromatic heterocycles. The SMILES string of the molecule is O=C(NCc1cccc(C(=O)N2CCCC2)c1)c1ccc(OC(F)F)cc1. The van der Waals surface area contributed by atoms with Crippen LogP contribution in [0, 0.1) is 0 Å². The summed E-state index contributed by atoms with van der Waals surface area (Å²) in [4.78, 5) is 26.5. The first-order valence-corrected chi connectivity index (χ1v) is 8.74. The molecule has 1 aliphatic rings. The third-order valence-electron chi connectivity index (χ3n) is 4.36. The van der Waals surface area contributed by atoms with Crippen LogP contribution in [0.1, 0.15) is 39.1 Å². The van der Waals surface area contributed by atoms with Gasteiger partial charge in [-0.3, -0.25) is 9.59 Å². The molecule has 1 saturated heterocycles. The fraction of sp³-hybridized carbons (Fsp3) is 0.300. The molecule has 142 valence electrons. The van der Waals surface area contributed by atoms with Crippen molar-refractivity contribution in [2.45, 2.75) is 26.0 Å². The van der Waals surface area contributed by atoms with Gasteiger partial charge in [-0.25, -0.2) is 0 Å². The first-order chi connectivity index (χ1) is 13.0. The molecule has 3 rings (SSSR count). The number of nitrogens with one attached hydrogen (secondary N) is 1. The molecule has 1 N–H and O–H groups in total. The van der Waals surface area contributed by atoms with E-state index in [1.807, 2.05) is 11.0 Å². The number of alkyl halides is 2. The minimum atomic E-state index is -2.90. The highest BCUT2D eigenvalue weighted by Crippen LogP contribution is 2.16. The zero-order valence-corrected chi connectivity index (χ0v) is 14.7. The number of hydrogen-bond donors (Lipinski definition) is 1. The Morgan fingerprint density at radius 1 is 1.04 bits per heavy atom. The molecule has 0 radical (unpaired) electrons. The molecule has 7 heteroatoms. The zero-order valence-electron chi connectivity index (χ0n) is 14.7. The Labute approximate surface area is 155 Å². The van der Waals surface area contributed by atoms with Crippen LogP contribution in [-0.2, 0) is 6.54 Å². The summed E-state index contributed by atoms with van der Waals surface area (Å²) in [5.74, 6) is -0.333. The van der Waals surface area contributed by atoms with Crippen molar-refractivity contribution in [2.24, 2.45) is 0 Å². The van der Waals surface area contributed by atoms with Crippen LogP contribution in [0.3, 0.4) is 0 Å². The lowest BCUT2D eigenvalue weighted by molar-refractivity contribution is -0.0498. The van der Waals surface area contributed by atoms with E-state index in [-0.39, 0.29) is 24.1 Å². The molecular weight excluding hydrogens is 354 g/mol. The minimum Gasteiger partial charge on any atom is -0.435 e. The summed E-state index contributed by atoms with van der Waals surface area (Å²) in [5.41, 5.74) is 1.75. The fourth-order valence-corrected chi connectivity index (χ4v) is 2.99. The monoisotopic (exact) mass is 374 g/mol. The fourth-order valence-electron chi connectivity index (χ4n) is 2.99. The van der Waals surface area contributed by atoms with Crippen LogP contribution < -0.4 is 10.1 Å². The summed E-state index contributed by atoms with van der Waals surface area (Å²) in [7, 11) is 0. The summed E-state index contributed by atoms with van der Waals surface area (Å²) < 4.78 is 28.6. The number of carbonyl (C=O) groups excluding carboxylic acids is 2. The standard InChI is InChI=1S/C20H20F2N2O3/c21-20(22)27-17-8-6-15(7-9-17)18(25)23-13-14-4-3-5-16(12-14)19(26)24-10-1-2-11-24/h3-9,12,20H,1-2,10-11,13H2,(H,23,25). The zero-order chi connectivity index (χ0) is 19.2. The molecule has 2 aromatic carbocycles. The second-order valence-corrected chi connectivity index (χ2v) is 6.29. The molecule has 2 amide bonds. The van der Waals surface area contributed by atoms with Crippen LogP contribution in [-0.4, -0.2) is 36.4 Å². The Morgan fingerprint density at radius 3 is 2.41 bits per heavy atom. The number of benzene rings is 2. The second kappa shape index (κ2) is 8.62. The Balaban J connectivity index is 1.58. The third-order valence-corrected chi connectivity index (χ3v) is 4.36. The predicted molar refractivity (Wildman–Crippen MR) is 95.8 cm³/mol. The van der Waals surface area contributed by atoms with Gasteiger partial charge < -0.3 is 15.0 Å². The highest BCUT2D eigenvalue weighted by atomic mass is 19.3. The van der Waals surface area contributed by atoms with Crippen molar-refractivity contribution in [3.05, 3.63) is 65.2 Å². The van der Waals surface area contributed by atoms with E-state index < -0.39 is 6.61 Å². The van der Waals surface area contributed by atoms with E-state index in [1.165, 1.54) is 24.3 Å². The van der Waals surface area contributed by atoms with E-state index in [4.69, 9.17) is 0 Å². The van der Waals surface area contributed by atoms with Gasteiger partial charge in [0, 0.05) is 30.8 Å². The average Bonchev–Trinajstić information content (AvgIpc) is 3.20. The number of carbonyl (C=O) groups is 2. The number of amides is 2. The van der Waals surface area contributed by atoms with Crippen molar-refractivity contribution in [2.75, 3.05) is 13.1 Å². The van der Waals surface area contributed by atoms with Crippen LogP contribution in [0.4, 0.5) is 8.78 Å². The predicted octanol–water partition coefficient (Wildman–Crippen LogP) is 3.45. The maximum atomic E-state index is 12.4. The van der Waals surface area contributed by atoms with Gasteiger partial charge in [0.05, 0.1) is 0 Å². The van der Waals surface area contributed by atoms with Gasteiger partial charge in [-0.1, -0.05) is 12.1 Å². The smallest absolute Gasteiger partial charge is 0.387 e. The van der Waals surface area contributed by atoms with Crippen molar-refractivity contribution in [3.63, 3.8) is 0 Å². The Bertz CT molecular complexity index is 803. The van der Waals surface area contributed by atoms with E-state index in [1.54, 1.807) is 18.2 Å². The van der Waals surface area contributed by atoms with Gasteiger partial charge in [0.25, 0.3) is 11.8 Å². The largest absolute Gasteiger partial charge is 0.435 e. The maximum Gasteiger partial charge on any atom is 0.387 e. The quantitative estimate of drug-likeness (QED) is 0.843. The lowest BCUT2D eigenvalue weighted by Gasteiger charge is -2.15. The molecule has 5 nitrogen and oxygen atoms in total. The molecular formula is C20H20F2N2O3. The van der Waals surface area contributed by atoms with Crippen molar-refractivity contribution in [1.82, 2.24) is 10.2 Å². The Hall–Kier alpha value is -2.96. The highest BCUT2D eigenvalue weighted by molar-refractivity contribution is 5.95. The number of halogens is 2. The van der Waals surface area contributed by atoms with Gasteiger partial charge >= 0.3 is 6.61 Å². The molecule has 2 aromatic rings. The minimum absolute atomic E-state index is 0.00493. The number of likely N-dealkylation sites (tertiary alicyclic amines) is 1.